The van der Waals surface area contributed by atoms with E-state index in [0.717, 1.165) is 18.7 Å². The van der Waals surface area contributed by atoms with Crippen LogP contribution in [0.25, 0.3) is 10.8 Å². The molecule has 0 aliphatic carbocycles. The van der Waals surface area contributed by atoms with Crippen LogP contribution in [0.15, 0.2) is 70.9 Å². The van der Waals surface area contributed by atoms with Gasteiger partial charge in [0.05, 0.1) is 47.4 Å². The van der Waals surface area contributed by atoms with Gasteiger partial charge in [-0.25, -0.2) is 4.67 Å². The SMILES string of the molecule is CCCN(CCOP(OCCC#N)N(C(C)C)C(C)C)c1ccc(N=Nc2ccc([N+](=O)[O-])c3ccccc23)cc1. The van der Waals surface area contributed by atoms with Gasteiger partial charge in [0, 0.05) is 42.3 Å². The fourth-order valence-electron chi connectivity index (χ4n) is 4.54. The normalized spacial score (nSPS) is 12.5. The van der Waals surface area contributed by atoms with Gasteiger partial charge in [0.25, 0.3) is 14.2 Å². The minimum Gasteiger partial charge on any atom is -0.369 e. The van der Waals surface area contributed by atoms with Crippen molar-refractivity contribution in [1.82, 2.24) is 4.67 Å². The maximum atomic E-state index is 11.4. The molecule has 0 N–H and O–H groups in total. The Balaban J connectivity index is 1.70. The molecule has 3 aromatic rings. The summed E-state index contributed by atoms with van der Waals surface area (Å²) in [4.78, 5) is 13.3. The number of rotatable bonds is 16. The molecule has 0 saturated carbocycles. The van der Waals surface area contributed by atoms with Crippen LogP contribution in [0.4, 0.5) is 22.7 Å². The van der Waals surface area contributed by atoms with Gasteiger partial charge in [0.15, 0.2) is 0 Å². The second kappa shape index (κ2) is 16.1. The molecule has 0 bridgehead atoms. The van der Waals surface area contributed by atoms with Crippen molar-refractivity contribution in [1.29, 1.82) is 5.26 Å². The first-order valence-corrected chi connectivity index (χ1v) is 15.0. The maximum absolute atomic E-state index is 11.4. The lowest BCUT2D eigenvalue weighted by Crippen LogP contribution is -2.34. The first kappa shape index (κ1) is 32.0. The van der Waals surface area contributed by atoms with Crippen LogP contribution in [-0.4, -0.2) is 48.0 Å². The van der Waals surface area contributed by atoms with Crippen LogP contribution in [0.3, 0.4) is 0 Å². The Labute approximate surface area is 243 Å². The van der Waals surface area contributed by atoms with Crippen LogP contribution in [0.2, 0.25) is 0 Å². The van der Waals surface area contributed by atoms with Crippen LogP contribution >= 0.6 is 8.53 Å². The number of hydrogen-bond acceptors (Lipinski definition) is 9. The Morgan fingerprint density at radius 2 is 1.59 bits per heavy atom. The standard InChI is InChI=1S/C30H39N6O4P/c1-6-19-34(20-22-40-41(39-21-9-18-31)35(23(2)3)24(4)5)26-14-12-25(13-15-26)32-33-29-16-17-30(36(37)38)28-11-8-7-10-27(28)29/h7-8,10-17,23-24H,6,9,19-22H2,1-5H3. The minimum absolute atomic E-state index is 0.0475. The highest BCUT2D eigenvalue weighted by molar-refractivity contribution is 7.44. The van der Waals surface area contributed by atoms with Crippen LogP contribution < -0.4 is 4.90 Å². The summed E-state index contributed by atoms with van der Waals surface area (Å²) in [5.74, 6) is 0. The fraction of sp³-hybridized carbons (Fsp3) is 0.433. The summed E-state index contributed by atoms with van der Waals surface area (Å²) in [5, 5.41) is 30.3. The lowest BCUT2D eigenvalue weighted by molar-refractivity contribution is -0.383. The second-order valence-corrected chi connectivity index (χ2v) is 11.4. The Morgan fingerprint density at radius 1 is 0.927 bits per heavy atom. The first-order valence-electron chi connectivity index (χ1n) is 13.9. The number of nitrogens with zero attached hydrogens (tertiary/aromatic N) is 6. The van der Waals surface area contributed by atoms with Crippen molar-refractivity contribution in [3.63, 3.8) is 0 Å². The molecule has 41 heavy (non-hydrogen) atoms. The van der Waals surface area contributed by atoms with Crippen molar-refractivity contribution in [2.75, 3.05) is 31.2 Å². The van der Waals surface area contributed by atoms with Crippen molar-refractivity contribution in [3.05, 3.63) is 70.8 Å². The van der Waals surface area contributed by atoms with E-state index in [1.807, 2.05) is 36.4 Å². The number of fused-ring (bicyclic) bond motifs is 1. The topological polar surface area (TPSA) is 117 Å². The van der Waals surface area contributed by atoms with E-state index in [4.69, 9.17) is 14.3 Å². The summed E-state index contributed by atoms with van der Waals surface area (Å²) in [5.41, 5.74) is 2.36. The Morgan fingerprint density at radius 3 is 2.20 bits per heavy atom. The second-order valence-electron chi connectivity index (χ2n) is 9.99. The van der Waals surface area contributed by atoms with E-state index < -0.39 is 8.53 Å². The van der Waals surface area contributed by atoms with Crippen molar-refractivity contribution in [3.8, 4) is 6.07 Å². The molecule has 0 aromatic heterocycles. The number of nitro benzene ring substituents is 1. The molecule has 0 aliphatic heterocycles. The van der Waals surface area contributed by atoms with E-state index in [1.54, 1.807) is 18.2 Å². The summed E-state index contributed by atoms with van der Waals surface area (Å²) in [6, 6.07) is 20.7. The molecule has 1 atom stereocenters. The van der Waals surface area contributed by atoms with Gasteiger partial charge in [0.1, 0.15) is 0 Å². The molecule has 0 amide bonds. The molecule has 0 fully saturated rings. The van der Waals surface area contributed by atoms with Gasteiger partial charge < -0.3 is 13.9 Å². The number of azo groups is 1. The fourth-order valence-corrected chi connectivity index (χ4v) is 6.12. The highest BCUT2D eigenvalue weighted by Crippen LogP contribution is 2.46. The predicted octanol–water partition coefficient (Wildman–Crippen LogP) is 8.67. The number of non-ortho nitro benzene ring substituents is 1. The van der Waals surface area contributed by atoms with E-state index in [1.165, 1.54) is 6.07 Å². The summed E-state index contributed by atoms with van der Waals surface area (Å²) in [6.07, 6.45) is 1.31. The molecule has 0 heterocycles. The summed E-state index contributed by atoms with van der Waals surface area (Å²) < 4.78 is 14.5. The van der Waals surface area contributed by atoms with Gasteiger partial charge in [0.2, 0.25) is 0 Å². The molecular formula is C30H39N6O4P. The molecule has 3 aromatic carbocycles. The maximum Gasteiger partial charge on any atom is 0.277 e. The van der Waals surface area contributed by atoms with Crippen LogP contribution in [0.1, 0.15) is 47.5 Å². The largest absolute Gasteiger partial charge is 0.369 e. The van der Waals surface area contributed by atoms with Gasteiger partial charge in [-0.3, -0.25) is 10.1 Å². The van der Waals surface area contributed by atoms with Crippen LogP contribution in [-0.2, 0) is 9.05 Å². The van der Waals surface area contributed by atoms with E-state index in [9.17, 15) is 10.1 Å². The molecule has 10 nitrogen and oxygen atoms in total. The summed E-state index contributed by atoms with van der Waals surface area (Å²) >= 11 is 0. The zero-order valence-corrected chi connectivity index (χ0v) is 25.3. The van der Waals surface area contributed by atoms with E-state index in [-0.39, 0.29) is 22.7 Å². The zero-order chi connectivity index (χ0) is 29.8. The molecule has 3 rings (SSSR count). The Hall–Kier alpha value is -3.48. The summed E-state index contributed by atoms with van der Waals surface area (Å²) in [6.45, 7) is 13.0. The van der Waals surface area contributed by atoms with Gasteiger partial charge in [-0.05, 0) is 70.5 Å². The average molecular weight is 579 g/mol. The first-order chi connectivity index (χ1) is 19.8. The number of nitro groups is 1. The quantitative estimate of drug-likeness (QED) is 0.0549. The summed E-state index contributed by atoms with van der Waals surface area (Å²) in [7, 11) is -1.28. The van der Waals surface area contributed by atoms with Gasteiger partial charge >= 0.3 is 0 Å². The average Bonchev–Trinajstić information content (AvgIpc) is 2.95. The zero-order valence-electron chi connectivity index (χ0n) is 24.4. The number of anilines is 1. The van der Waals surface area contributed by atoms with Crippen molar-refractivity contribution < 1.29 is 14.0 Å². The molecule has 218 valence electrons. The molecule has 0 saturated heterocycles. The van der Waals surface area contributed by atoms with E-state index >= 15 is 0 Å². The predicted molar refractivity (Wildman–Crippen MR) is 165 cm³/mol. The lowest BCUT2D eigenvalue weighted by atomic mass is 10.1. The van der Waals surface area contributed by atoms with E-state index in [0.29, 0.717) is 48.3 Å². The number of benzene rings is 3. The van der Waals surface area contributed by atoms with Gasteiger partial charge in [-0.2, -0.15) is 10.4 Å². The van der Waals surface area contributed by atoms with Crippen molar-refractivity contribution in [2.45, 2.75) is 59.5 Å². The Kier molecular flexibility index (Phi) is 12.6. The van der Waals surface area contributed by atoms with Gasteiger partial charge in [-0.15, -0.1) is 5.11 Å². The highest BCUT2D eigenvalue weighted by Gasteiger charge is 2.27. The van der Waals surface area contributed by atoms with Crippen molar-refractivity contribution in [2.24, 2.45) is 10.2 Å². The third kappa shape index (κ3) is 9.00. The molecular weight excluding hydrogens is 539 g/mol. The molecule has 0 radical (unpaired) electrons. The third-order valence-corrected chi connectivity index (χ3v) is 8.39. The smallest absolute Gasteiger partial charge is 0.277 e. The molecule has 0 spiro atoms. The third-order valence-electron chi connectivity index (χ3n) is 6.28. The van der Waals surface area contributed by atoms with Crippen LogP contribution in [0.5, 0.6) is 0 Å². The molecule has 1 unspecified atom stereocenters. The number of hydrogen-bond donors (Lipinski definition) is 0. The highest BCUT2D eigenvalue weighted by atomic mass is 31.2. The number of nitriles is 1. The molecule has 0 aliphatic rings. The van der Waals surface area contributed by atoms with E-state index in [2.05, 4.69) is 60.5 Å². The lowest BCUT2D eigenvalue weighted by Gasteiger charge is -2.36. The van der Waals surface area contributed by atoms with Crippen LogP contribution in [0, 0.1) is 21.4 Å². The minimum atomic E-state index is -1.28. The molecule has 11 heteroatoms. The Bertz CT molecular complexity index is 1340. The van der Waals surface area contributed by atoms with Gasteiger partial charge in [-0.1, -0.05) is 25.1 Å². The van der Waals surface area contributed by atoms with Crippen molar-refractivity contribution >= 4 is 42.0 Å². The monoisotopic (exact) mass is 578 g/mol.